The smallest absolute Gasteiger partial charge is 0.315 e. The maximum atomic E-state index is 13.1. The average Bonchev–Trinajstić information content (AvgIpc) is 2.96. The van der Waals surface area contributed by atoms with Crippen molar-refractivity contribution in [3.63, 3.8) is 0 Å². The van der Waals surface area contributed by atoms with E-state index < -0.39 is 17.8 Å². The minimum absolute atomic E-state index is 0.108. The summed E-state index contributed by atoms with van der Waals surface area (Å²) in [7, 11) is 1.89. The third-order valence-corrected chi connectivity index (χ3v) is 4.20. The molecule has 7 nitrogen and oxygen atoms in total. The van der Waals surface area contributed by atoms with E-state index in [0.29, 0.717) is 5.69 Å². The predicted octanol–water partition coefficient (Wildman–Crippen LogP) is 1.87. The van der Waals surface area contributed by atoms with Crippen LogP contribution >= 0.6 is 0 Å². The number of halogens is 1. The summed E-state index contributed by atoms with van der Waals surface area (Å²) >= 11 is 0. The summed E-state index contributed by atoms with van der Waals surface area (Å²) in [6.07, 6.45) is 4.52. The summed E-state index contributed by atoms with van der Waals surface area (Å²) in [5.74, 6) is -0.862. The number of anilines is 1. The maximum absolute atomic E-state index is 13.1. The molecule has 3 rings (SSSR count). The van der Waals surface area contributed by atoms with Crippen LogP contribution in [0.4, 0.5) is 14.9 Å². The van der Waals surface area contributed by atoms with Crippen LogP contribution in [0.25, 0.3) is 0 Å². The highest BCUT2D eigenvalue weighted by Crippen LogP contribution is 2.28. The minimum atomic E-state index is -0.437. The number of aromatic nitrogens is 2. The zero-order valence-corrected chi connectivity index (χ0v) is 13.9. The highest BCUT2D eigenvalue weighted by atomic mass is 19.1. The Hall–Kier alpha value is -2.90. The fourth-order valence-corrected chi connectivity index (χ4v) is 3.00. The molecule has 3 amide bonds. The van der Waals surface area contributed by atoms with Crippen molar-refractivity contribution in [2.24, 2.45) is 7.05 Å². The first kappa shape index (κ1) is 16.9. The van der Waals surface area contributed by atoms with Crippen LogP contribution in [-0.2, 0) is 18.3 Å². The predicted molar refractivity (Wildman–Crippen MR) is 90.5 cm³/mol. The highest BCUT2D eigenvalue weighted by molar-refractivity contribution is 5.94. The van der Waals surface area contributed by atoms with Crippen molar-refractivity contribution in [2.45, 2.75) is 25.3 Å². The second kappa shape index (κ2) is 7.33. The lowest BCUT2D eigenvalue weighted by Gasteiger charge is -2.23. The van der Waals surface area contributed by atoms with Crippen molar-refractivity contribution in [2.75, 3.05) is 11.9 Å². The van der Waals surface area contributed by atoms with Crippen LogP contribution in [0.2, 0.25) is 0 Å². The average molecular weight is 345 g/mol. The van der Waals surface area contributed by atoms with Gasteiger partial charge in [0, 0.05) is 24.0 Å². The molecule has 1 aromatic carbocycles. The van der Waals surface area contributed by atoms with E-state index in [1.807, 2.05) is 11.7 Å². The zero-order chi connectivity index (χ0) is 17.8. The molecule has 1 aliphatic carbocycles. The van der Waals surface area contributed by atoms with Crippen molar-refractivity contribution in [1.29, 1.82) is 0 Å². The normalized spacial score (nSPS) is 16.0. The number of hydrogen-bond donors (Lipinski definition) is 3. The van der Waals surface area contributed by atoms with Crippen LogP contribution in [0.15, 0.2) is 30.5 Å². The Labute approximate surface area is 144 Å². The summed E-state index contributed by atoms with van der Waals surface area (Å²) in [5.41, 5.74) is 2.49. The number of urea groups is 1. The molecule has 0 bridgehead atoms. The topological polar surface area (TPSA) is 88.1 Å². The first-order chi connectivity index (χ1) is 12.0. The molecule has 2 aromatic rings. The van der Waals surface area contributed by atoms with Gasteiger partial charge in [-0.1, -0.05) is 6.07 Å². The molecule has 0 unspecified atom stereocenters. The lowest BCUT2D eigenvalue weighted by Crippen LogP contribution is -2.42. The molecule has 25 heavy (non-hydrogen) atoms. The second-order valence-corrected chi connectivity index (χ2v) is 6.00. The monoisotopic (exact) mass is 345 g/mol. The van der Waals surface area contributed by atoms with Crippen molar-refractivity contribution >= 4 is 17.6 Å². The molecule has 1 aromatic heterocycles. The summed E-state index contributed by atoms with van der Waals surface area (Å²) < 4.78 is 14.9. The Morgan fingerprint density at radius 2 is 2.24 bits per heavy atom. The molecule has 3 N–H and O–H groups in total. The Balaban J connectivity index is 1.49. The number of nitrogens with zero attached hydrogens (tertiary/aromatic N) is 2. The Bertz CT molecular complexity index is 789. The van der Waals surface area contributed by atoms with Gasteiger partial charge in [0.15, 0.2) is 0 Å². The van der Waals surface area contributed by atoms with Crippen molar-refractivity contribution < 1.29 is 14.0 Å². The van der Waals surface area contributed by atoms with E-state index in [-0.39, 0.29) is 12.6 Å². The summed E-state index contributed by atoms with van der Waals surface area (Å²) in [6.45, 7) is -0.199. The van der Waals surface area contributed by atoms with Gasteiger partial charge in [0.2, 0.25) is 5.91 Å². The number of amides is 3. The van der Waals surface area contributed by atoms with Crippen LogP contribution in [0.5, 0.6) is 0 Å². The second-order valence-electron chi connectivity index (χ2n) is 6.00. The van der Waals surface area contributed by atoms with Crippen molar-refractivity contribution in [1.82, 2.24) is 20.4 Å². The largest absolute Gasteiger partial charge is 0.331 e. The van der Waals surface area contributed by atoms with E-state index in [1.54, 1.807) is 12.3 Å². The molecule has 0 spiro atoms. The third kappa shape index (κ3) is 4.14. The number of carbonyl (C=O) groups is 2. The molecule has 1 aliphatic rings. The van der Waals surface area contributed by atoms with Gasteiger partial charge in [0.1, 0.15) is 5.82 Å². The van der Waals surface area contributed by atoms with E-state index >= 15 is 0 Å². The number of hydrogen-bond acceptors (Lipinski definition) is 3. The van der Waals surface area contributed by atoms with Gasteiger partial charge in [0.25, 0.3) is 0 Å². The fourth-order valence-electron chi connectivity index (χ4n) is 3.00. The molecule has 0 fully saturated rings. The minimum Gasteiger partial charge on any atom is -0.331 e. The molecule has 8 heteroatoms. The standard InChI is InChI=1S/C17H20FN5O2/c1-23-15-7-3-6-14(13(15)9-20-23)22-17(25)19-10-16(24)21-12-5-2-4-11(18)8-12/h2,4-5,8-9,14H,3,6-7,10H2,1H3,(H,21,24)(H2,19,22,25)/t14-/m1/s1. The molecule has 0 radical (unpaired) electrons. The molecule has 0 aliphatic heterocycles. The SMILES string of the molecule is Cn1ncc2c1CCC[C@H]2NC(=O)NCC(=O)Nc1cccc(F)c1. The van der Waals surface area contributed by atoms with Gasteiger partial charge >= 0.3 is 6.03 Å². The molecular formula is C17H20FN5O2. The van der Waals surface area contributed by atoms with E-state index in [9.17, 15) is 14.0 Å². The van der Waals surface area contributed by atoms with Gasteiger partial charge < -0.3 is 16.0 Å². The lowest BCUT2D eigenvalue weighted by atomic mass is 9.93. The zero-order valence-electron chi connectivity index (χ0n) is 13.9. The van der Waals surface area contributed by atoms with Crippen LogP contribution in [0, 0.1) is 5.82 Å². The van der Waals surface area contributed by atoms with E-state index in [4.69, 9.17) is 0 Å². The number of rotatable bonds is 4. The van der Waals surface area contributed by atoms with Gasteiger partial charge in [-0.25, -0.2) is 9.18 Å². The number of nitrogens with one attached hydrogen (secondary N) is 3. The van der Waals surface area contributed by atoms with Crippen molar-refractivity contribution in [3.05, 3.63) is 47.5 Å². The molecule has 0 saturated heterocycles. The summed E-state index contributed by atoms with van der Waals surface area (Å²) in [5, 5.41) is 12.2. The summed E-state index contributed by atoms with van der Waals surface area (Å²) in [4.78, 5) is 23.9. The van der Waals surface area contributed by atoms with Gasteiger partial charge in [0.05, 0.1) is 18.8 Å². The Morgan fingerprint density at radius 1 is 1.40 bits per heavy atom. The van der Waals surface area contributed by atoms with E-state index in [1.165, 1.54) is 18.2 Å². The quantitative estimate of drug-likeness (QED) is 0.790. The Morgan fingerprint density at radius 3 is 3.04 bits per heavy atom. The number of fused-ring (bicyclic) bond motifs is 1. The van der Waals surface area contributed by atoms with Gasteiger partial charge in [-0.05, 0) is 37.5 Å². The van der Waals surface area contributed by atoms with Gasteiger partial charge in [-0.2, -0.15) is 5.10 Å². The number of aryl methyl sites for hydroxylation is 1. The maximum Gasteiger partial charge on any atom is 0.315 e. The van der Waals surface area contributed by atoms with Gasteiger partial charge in [-0.15, -0.1) is 0 Å². The Kier molecular flexibility index (Phi) is 4.97. The number of benzene rings is 1. The number of carbonyl (C=O) groups excluding carboxylic acids is 2. The highest BCUT2D eigenvalue weighted by Gasteiger charge is 2.24. The molecule has 132 valence electrons. The first-order valence-corrected chi connectivity index (χ1v) is 8.13. The van der Waals surface area contributed by atoms with Crippen molar-refractivity contribution in [3.8, 4) is 0 Å². The molecule has 1 heterocycles. The van der Waals surface area contributed by atoms with E-state index in [0.717, 1.165) is 30.5 Å². The lowest BCUT2D eigenvalue weighted by molar-refractivity contribution is -0.115. The van der Waals surface area contributed by atoms with Crippen LogP contribution < -0.4 is 16.0 Å². The van der Waals surface area contributed by atoms with Crippen LogP contribution in [0.3, 0.4) is 0 Å². The third-order valence-electron chi connectivity index (χ3n) is 4.20. The molecule has 0 saturated carbocycles. The van der Waals surface area contributed by atoms with Crippen LogP contribution in [0.1, 0.15) is 30.1 Å². The first-order valence-electron chi connectivity index (χ1n) is 8.13. The fraction of sp³-hybridized carbons (Fsp3) is 0.353. The summed E-state index contributed by atoms with van der Waals surface area (Å²) in [6, 6.07) is 5.05. The molecule has 1 atom stereocenters. The van der Waals surface area contributed by atoms with E-state index in [2.05, 4.69) is 21.0 Å². The molecular weight excluding hydrogens is 325 g/mol. The van der Waals surface area contributed by atoms with Crippen LogP contribution in [-0.4, -0.2) is 28.3 Å². The van der Waals surface area contributed by atoms with Gasteiger partial charge in [-0.3, -0.25) is 9.48 Å².